The molecule has 8 heteroatoms. The third-order valence-corrected chi connectivity index (χ3v) is 5.60. The van der Waals surface area contributed by atoms with Crippen molar-refractivity contribution in [3.05, 3.63) is 96.1 Å². The number of nitrogens with zero attached hydrogens (tertiary/aromatic N) is 3. The number of benzene rings is 3. The van der Waals surface area contributed by atoms with Crippen LogP contribution >= 0.6 is 0 Å². The van der Waals surface area contributed by atoms with Crippen LogP contribution in [0.4, 0.5) is 11.4 Å². The number of carbonyl (C=O) groups is 2. The quantitative estimate of drug-likeness (QED) is 0.550. The number of carbonyl (C=O) groups excluding carboxylic acids is 2. The maximum atomic E-state index is 13.3. The summed E-state index contributed by atoms with van der Waals surface area (Å²) < 4.78 is 0. The number of rotatable bonds is 5. The third-order valence-electron chi connectivity index (χ3n) is 5.60. The second kappa shape index (κ2) is 9.19. The van der Waals surface area contributed by atoms with Crippen LogP contribution in [0.5, 0.6) is 0 Å². The molecule has 2 amide bonds. The molecule has 34 heavy (non-hydrogen) atoms. The Kier molecular flexibility index (Phi) is 5.78. The number of aliphatic imine (C=N–C) groups is 2. The Labute approximate surface area is 197 Å². The summed E-state index contributed by atoms with van der Waals surface area (Å²) in [5.41, 5.74) is 3.54. The lowest BCUT2D eigenvalue weighted by Gasteiger charge is -2.32. The highest BCUT2D eigenvalue weighted by Crippen LogP contribution is 2.30. The summed E-state index contributed by atoms with van der Waals surface area (Å²) in [5.74, 6) is 0.317. The lowest BCUT2D eigenvalue weighted by molar-refractivity contribution is -0.131. The topological polar surface area (TPSA) is 98.2 Å². The first-order valence-electron chi connectivity index (χ1n) is 11.1. The maximum Gasteiger partial charge on any atom is 0.256 e. The molecule has 3 N–H and O–H groups in total. The number of para-hydroxylation sites is 1. The number of hydrogen-bond donors (Lipinski definition) is 3. The van der Waals surface area contributed by atoms with E-state index < -0.39 is 12.2 Å². The normalized spacial score (nSPS) is 19.0. The molecule has 2 heterocycles. The van der Waals surface area contributed by atoms with Gasteiger partial charge in [0.15, 0.2) is 6.17 Å². The number of anilines is 2. The smallest absolute Gasteiger partial charge is 0.256 e. The van der Waals surface area contributed by atoms with Gasteiger partial charge in [0.2, 0.25) is 17.8 Å². The van der Waals surface area contributed by atoms with E-state index in [-0.39, 0.29) is 18.2 Å². The molecule has 0 saturated heterocycles. The minimum atomic E-state index is -0.827. The van der Waals surface area contributed by atoms with Crippen molar-refractivity contribution in [2.24, 2.45) is 9.98 Å². The zero-order valence-electron chi connectivity index (χ0n) is 18.6. The van der Waals surface area contributed by atoms with E-state index in [4.69, 9.17) is 4.99 Å². The van der Waals surface area contributed by atoms with E-state index in [1.54, 1.807) is 12.1 Å². The van der Waals surface area contributed by atoms with Gasteiger partial charge in [-0.15, -0.1) is 0 Å². The zero-order valence-corrected chi connectivity index (χ0v) is 18.6. The van der Waals surface area contributed by atoms with Crippen molar-refractivity contribution in [1.82, 2.24) is 10.2 Å². The van der Waals surface area contributed by atoms with Crippen LogP contribution in [0.15, 0.2) is 94.9 Å². The SMILES string of the molecule is Cc1ccc(NC2=N[C@@H](c3ccccc3)N3C(=O)[C@@H](CC(=O)Nc4ccccc4)N=C3N2)cc1. The highest BCUT2D eigenvalue weighted by Gasteiger charge is 2.43. The summed E-state index contributed by atoms with van der Waals surface area (Å²) in [5, 5.41) is 9.21. The van der Waals surface area contributed by atoms with Crippen LogP contribution < -0.4 is 16.0 Å². The average molecular weight is 453 g/mol. The van der Waals surface area contributed by atoms with Crippen molar-refractivity contribution in [1.29, 1.82) is 0 Å². The fourth-order valence-corrected chi connectivity index (χ4v) is 3.90. The molecule has 3 aromatic carbocycles. The Morgan fingerprint density at radius 2 is 1.59 bits per heavy atom. The molecule has 0 saturated carbocycles. The van der Waals surface area contributed by atoms with E-state index in [1.807, 2.05) is 79.7 Å². The Morgan fingerprint density at radius 3 is 2.29 bits per heavy atom. The number of nitrogens with one attached hydrogen (secondary N) is 3. The molecule has 3 aromatic rings. The van der Waals surface area contributed by atoms with Gasteiger partial charge in [-0.1, -0.05) is 66.2 Å². The second-order valence-electron chi connectivity index (χ2n) is 8.17. The fourth-order valence-electron chi connectivity index (χ4n) is 3.90. The lowest BCUT2D eigenvalue weighted by Crippen LogP contribution is -2.52. The van der Waals surface area contributed by atoms with Gasteiger partial charge in [0, 0.05) is 11.4 Å². The van der Waals surface area contributed by atoms with Crippen molar-refractivity contribution >= 4 is 35.1 Å². The van der Waals surface area contributed by atoms with E-state index in [1.165, 1.54) is 4.90 Å². The van der Waals surface area contributed by atoms with E-state index >= 15 is 0 Å². The summed E-state index contributed by atoms with van der Waals surface area (Å²) in [6.07, 6.45) is -0.652. The molecule has 0 fully saturated rings. The van der Waals surface area contributed by atoms with Crippen LogP contribution in [0.2, 0.25) is 0 Å². The van der Waals surface area contributed by atoms with E-state index in [9.17, 15) is 9.59 Å². The Hall–Kier alpha value is -4.46. The van der Waals surface area contributed by atoms with Crippen LogP contribution in [0.1, 0.15) is 23.7 Å². The van der Waals surface area contributed by atoms with Gasteiger partial charge in [-0.05, 0) is 36.8 Å². The molecule has 0 radical (unpaired) electrons. The van der Waals surface area contributed by atoms with Crippen molar-refractivity contribution in [2.75, 3.05) is 10.6 Å². The van der Waals surface area contributed by atoms with Gasteiger partial charge in [0.05, 0.1) is 6.42 Å². The number of aryl methyl sites for hydroxylation is 1. The van der Waals surface area contributed by atoms with E-state index in [2.05, 4.69) is 20.9 Å². The number of guanidine groups is 2. The first-order chi connectivity index (χ1) is 16.6. The van der Waals surface area contributed by atoms with Crippen molar-refractivity contribution in [2.45, 2.75) is 25.6 Å². The second-order valence-corrected chi connectivity index (χ2v) is 8.17. The molecule has 0 bridgehead atoms. The Bertz CT molecular complexity index is 1260. The monoisotopic (exact) mass is 452 g/mol. The van der Waals surface area contributed by atoms with Gasteiger partial charge < -0.3 is 10.6 Å². The fraction of sp³-hybridized carbons (Fsp3) is 0.154. The summed E-state index contributed by atoms with van der Waals surface area (Å²) >= 11 is 0. The molecule has 2 aliphatic heterocycles. The van der Waals surface area contributed by atoms with Gasteiger partial charge in [-0.2, -0.15) is 0 Å². The lowest BCUT2D eigenvalue weighted by atomic mass is 10.1. The average Bonchev–Trinajstić information content (AvgIpc) is 3.16. The van der Waals surface area contributed by atoms with Crippen molar-refractivity contribution < 1.29 is 9.59 Å². The molecule has 0 unspecified atom stereocenters. The van der Waals surface area contributed by atoms with Gasteiger partial charge in [-0.25, -0.2) is 9.98 Å². The van der Waals surface area contributed by atoms with E-state index in [0.717, 1.165) is 16.8 Å². The number of fused-ring (bicyclic) bond motifs is 1. The summed E-state index contributed by atoms with van der Waals surface area (Å²) in [7, 11) is 0. The highest BCUT2D eigenvalue weighted by atomic mass is 16.2. The van der Waals surface area contributed by atoms with Crippen molar-refractivity contribution in [3.63, 3.8) is 0 Å². The van der Waals surface area contributed by atoms with Crippen LogP contribution in [0.25, 0.3) is 0 Å². The minimum absolute atomic E-state index is 0.0579. The molecule has 5 rings (SSSR count). The van der Waals surface area contributed by atoms with E-state index in [0.29, 0.717) is 17.6 Å². The molecule has 2 aliphatic rings. The molecule has 0 aromatic heterocycles. The molecule has 0 spiro atoms. The van der Waals surface area contributed by atoms with Gasteiger partial charge in [0.25, 0.3) is 5.91 Å². The van der Waals surface area contributed by atoms with Crippen LogP contribution in [-0.2, 0) is 9.59 Å². The first-order valence-corrected chi connectivity index (χ1v) is 11.1. The minimum Gasteiger partial charge on any atom is -0.326 e. The van der Waals surface area contributed by atoms with Crippen molar-refractivity contribution in [3.8, 4) is 0 Å². The molecule has 170 valence electrons. The predicted molar refractivity (Wildman–Crippen MR) is 132 cm³/mol. The van der Waals surface area contributed by atoms with Crippen LogP contribution in [0.3, 0.4) is 0 Å². The molecular weight excluding hydrogens is 428 g/mol. The Balaban J connectivity index is 1.39. The van der Waals surface area contributed by atoms with Crippen LogP contribution in [-0.4, -0.2) is 34.7 Å². The largest absolute Gasteiger partial charge is 0.326 e. The van der Waals surface area contributed by atoms with Gasteiger partial charge in [0.1, 0.15) is 6.04 Å². The highest BCUT2D eigenvalue weighted by molar-refractivity contribution is 6.15. The Morgan fingerprint density at radius 1 is 0.912 bits per heavy atom. The molecule has 8 nitrogen and oxygen atoms in total. The maximum absolute atomic E-state index is 13.3. The van der Waals surface area contributed by atoms with Gasteiger partial charge in [-0.3, -0.25) is 19.8 Å². The van der Waals surface area contributed by atoms with Gasteiger partial charge >= 0.3 is 0 Å². The number of amides is 2. The molecular formula is C26H24N6O2. The summed E-state index contributed by atoms with van der Waals surface area (Å²) in [6, 6.07) is 25.8. The summed E-state index contributed by atoms with van der Waals surface area (Å²) in [4.78, 5) is 36.7. The molecule has 0 aliphatic carbocycles. The number of hydrogen-bond acceptors (Lipinski definition) is 6. The molecule has 2 atom stereocenters. The predicted octanol–water partition coefficient (Wildman–Crippen LogP) is 3.66. The van der Waals surface area contributed by atoms with Crippen LogP contribution in [0, 0.1) is 6.92 Å². The summed E-state index contributed by atoms with van der Waals surface area (Å²) in [6.45, 7) is 2.02. The zero-order chi connectivity index (χ0) is 23.5. The third kappa shape index (κ3) is 4.52. The first kappa shape index (κ1) is 21.4. The standard InChI is InChI=1S/C26H24N6O2/c1-17-12-14-20(15-13-17)28-25-30-23(18-8-4-2-5-9-18)32-24(34)21(29-26(32)31-25)16-22(33)27-19-10-6-3-7-11-19/h2-15,21,23H,16H2,1H3,(H,27,33)(H2,28,29,30,31)/t21-,23-/m1/s1.